The molecule has 3 rings (SSSR count). The maximum absolute atomic E-state index is 13.0. The maximum Gasteiger partial charge on any atom is 0.234 e. The predicted octanol–water partition coefficient (Wildman–Crippen LogP) is 2.49. The van der Waals surface area contributed by atoms with Gasteiger partial charge in [0.1, 0.15) is 5.82 Å². The summed E-state index contributed by atoms with van der Waals surface area (Å²) >= 11 is 1.62. The van der Waals surface area contributed by atoms with E-state index < -0.39 is 5.60 Å². The quantitative estimate of drug-likeness (QED) is 0.873. The van der Waals surface area contributed by atoms with Crippen molar-refractivity contribution in [2.24, 2.45) is 0 Å². The summed E-state index contributed by atoms with van der Waals surface area (Å²) in [6.45, 7) is 2.18. The molecule has 0 radical (unpaired) electrons. The van der Waals surface area contributed by atoms with Crippen LogP contribution in [-0.4, -0.2) is 35.5 Å². The van der Waals surface area contributed by atoms with Crippen molar-refractivity contribution in [2.75, 3.05) is 19.6 Å². The Bertz CT molecular complexity index is 665. The van der Waals surface area contributed by atoms with Crippen molar-refractivity contribution >= 4 is 17.2 Å². The van der Waals surface area contributed by atoms with Crippen LogP contribution in [-0.2, 0) is 16.9 Å². The van der Waals surface area contributed by atoms with Crippen molar-refractivity contribution in [3.05, 3.63) is 58.0 Å². The van der Waals surface area contributed by atoms with Crippen LogP contribution in [0.3, 0.4) is 0 Å². The maximum atomic E-state index is 13.0. The van der Waals surface area contributed by atoms with E-state index in [1.54, 1.807) is 23.5 Å². The first-order valence-corrected chi connectivity index (χ1v) is 8.93. The van der Waals surface area contributed by atoms with Crippen molar-refractivity contribution in [1.82, 2.24) is 10.2 Å². The minimum Gasteiger partial charge on any atom is -0.385 e. The topological polar surface area (TPSA) is 52.6 Å². The average molecular weight is 348 g/mol. The molecule has 1 aliphatic rings. The van der Waals surface area contributed by atoms with Crippen molar-refractivity contribution in [3.8, 4) is 0 Å². The van der Waals surface area contributed by atoms with E-state index in [4.69, 9.17) is 0 Å². The molecule has 24 heavy (non-hydrogen) atoms. The third kappa shape index (κ3) is 4.20. The molecule has 2 heterocycles. The molecule has 0 unspecified atom stereocenters. The Hall–Kier alpha value is -1.76. The second kappa shape index (κ2) is 7.42. The Labute approximate surface area is 144 Å². The van der Waals surface area contributed by atoms with Crippen molar-refractivity contribution in [3.63, 3.8) is 0 Å². The van der Waals surface area contributed by atoms with Crippen LogP contribution in [0.15, 0.2) is 41.8 Å². The van der Waals surface area contributed by atoms with Crippen LogP contribution < -0.4 is 5.32 Å². The number of halogens is 1. The monoisotopic (exact) mass is 348 g/mol. The summed E-state index contributed by atoms with van der Waals surface area (Å²) in [4.78, 5) is 15.2. The smallest absolute Gasteiger partial charge is 0.234 e. The summed E-state index contributed by atoms with van der Waals surface area (Å²) in [5.41, 5.74) is -0.192. The molecule has 1 aromatic heterocycles. The zero-order valence-electron chi connectivity index (χ0n) is 13.4. The Kier molecular flexibility index (Phi) is 5.28. The van der Waals surface area contributed by atoms with E-state index >= 15 is 0 Å². The van der Waals surface area contributed by atoms with Crippen LogP contribution in [0.1, 0.15) is 23.3 Å². The van der Waals surface area contributed by atoms with Gasteiger partial charge in [0, 0.05) is 18.0 Å². The number of aliphatic hydroxyl groups is 1. The number of piperidine rings is 1. The zero-order chi connectivity index (χ0) is 17.0. The van der Waals surface area contributed by atoms with Crippen molar-refractivity contribution < 1.29 is 14.3 Å². The third-order valence-electron chi connectivity index (χ3n) is 4.47. The highest BCUT2D eigenvalue weighted by molar-refractivity contribution is 7.09. The van der Waals surface area contributed by atoms with Gasteiger partial charge in [0.2, 0.25) is 5.91 Å². The van der Waals surface area contributed by atoms with E-state index in [2.05, 4.69) is 5.32 Å². The molecule has 1 fully saturated rings. The summed E-state index contributed by atoms with van der Waals surface area (Å²) < 4.78 is 13.0. The fourth-order valence-corrected chi connectivity index (χ4v) is 3.63. The Morgan fingerprint density at radius 3 is 2.58 bits per heavy atom. The average Bonchev–Trinajstić information content (AvgIpc) is 3.09. The van der Waals surface area contributed by atoms with Crippen LogP contribution in [0.5, 0.6) is 0 Å². The van der Waals surface area contributed by atoms with Crippen molar-refractivity contribution in [1.29, 1.82) is 0 Å². The van der Waals surface area contributed by atoms with Gasteiger partial charge in [0.25, 0.3) is 0 Å². The molecular formula is C18H21FN2O2S. The highest BCUT2D eigenvalue weighted by atomic mass is 32.1. The van der Waals surface area contributed by atoms with Crippen molar-refractivity contribution in [2.45, 2.75) is 25.0 Å². The van der Waals surface area contributed by atoms with Crippen LogP contribution >= 0.6 is 11.3 Å². The standard InChI is InChI=1S/C18H21FN2O2S/c19-15-5-3-14(4-6-15)18(23)7-9-21(10-8-18)13-17(22)20-12-16-2-1-11-24-16/h1-6,11,23H,7-10,12-13H2,(H,20,22). The fraction of sp³-hybridized carbons (Fsp3) is 0.389. The SMILES string of the molecule is O=C(CN1CCC(O)(c2ccc(F)cc2)CC1)NCc1cccs1. The summed E-state index contributed by atoms with van der Waals surface area (Å²) in [5.74, 6) is -0.308. The molecule has 2 aromatic rings. The zero-order valence-corrected chi connectivity index (χ0v) is 14.2. The second-order valence-corrected chi connectivity index (χ2v) is 7.20. The van der Waals surface area contributed by atoms with Gasteiger partial charge in [-0.25, -0.2) is 4.39 Å². The Morgan fingerprint density at radius 2 is 1.96 bits per heavy atom. The van der Waals surface area contributed by atoms with E-state index in [-0.39, 0.29) is 11.7 Å². The molecule has 1 aliphatic heterocycles. The van der Waals surface area contributed by atoms with Gasteiger partial charge < -0.3 is 10.4 Å². The number of rotatable bonds is 5. The number of hydrogen-bond donors (Lipinski definition) is 2. The molecule has 0 bridgehead atoms. The van der Waals surface area contributed by atoms with E-state index in [9.17, 15) is 14.3 Å². The summed E-state index contributed by atoms with van der Waals surface area (Å²) in [7, 11) is 0. The number of thiophene rings is 1. The molecule has 1 saturated heterocycles. The number of carbonyl (C=O) groups excluding carboxylic acids is 1. The highest BCUT2D eigenvalue weighted by Crippen LogP contribution is 2.32. The lowest BCUT2D eigenvalue weighted by Gasteiger charge is -2.38. The first-order chi connectivity index (χ1) is 11.5. The lowest BCUT2D eigenvalue weighted by molar-refractivity contribution is -0.123. The predicted molar refractivity (Wildman–Crippen MR) is 92.1 cm³/mol. The molecule has 0 atom stereocenters. The number of amides is 1. The lowest BCUT2D eigenvalue weighted by Crippen LogP contribution is -2.46. The van der Waals surface area contributed by atoms with E-state index in [0.717, 1.165) is 10.4 Å². The molecule has 2 N–H and O–H groups in total. The largest absolute Gasteiger partial charge is 0.385 e. The van der Waals surface area contributed by atoms with Gasteiger partial charge in [-0.3, -0.25) is 9.69 Å². The summed E-state index contributed by atoms with van der Waals surface area (Å²) in [5, 5.41) is 15.7. The van der Waals surface area contributed by atoms with E-state index in [0.29, 0.717) is 39.0 Å². The molecule has 0 saturated carbocycles. The van der Waals surface area contributed by atoms with Gasteiger partial charge in [-0.05, 0) is 42.0 Å². The Morgan fingerprint density at radius 1 is 1.25 bits per heavy atom. The number of likely N-dealkylation sites (tertiary alicyclic amines) is 1. The van der Waals surface area contributed by atoms with Crippen LogP contribution in [0.4, 0.5) is 4.39 Å². The van der Waals surface area contributed by atoms with Gasteiger partial charge in [-0.15, -0.1) is 11.3 Å². The Balaban J connectivity index is 1.47. The van der Waals surface area contributed by atoms with E-state index in [1.807, 2.05) is 22.4 Å². The molecule has 0 aliphatic carbocycles. The molecular weight excluding hydrogens is 327 g/mol. The molecule has 1 aromatic carbocycles. The van der Waals surface area contributed by atoms with Crippen LogP contribution in [0, 0.1) is 5.82 Å². The van der Waals surface area contributed by atoms with Gasteiger partial charge in [0.15, 0.2) is 0 Å². The van der Waals surface area contributed by atoms with Gasteiger partial charge in [-0.1, -0.05) is 18.2 Å². The van der Waals surface area contributed by atoms with Gasteiger partial charge >= 0.3 is 0 Å². The number of benzene rings is 1. The van der Waals surface area contributed by atoms with E-state index in [1.165, 1.54) is 12.1 Å². The normalized spacial score (nSPS) is 17.6. The van der Waals surface area contributed by atoms with Crippen LogP contribution in [0.25, 0.3) is 0 Å². The molecule has 4 nitrogen and oxygen atoms in total. The number of hydrogen-bond acceptors (Lipinski definition) is 4. The molecule has 0 spiro atoms. The van der Waals surface area contributed by atoms with Gasteiger partial charge in [-0.2, -0.15) is 0 Å². The number of carbonyl (C=O) groups is 1. The molecule has 6 heteroatoms. The minimum atomic E-state index is -0.933. The first-order valence-electron chi connectivity index (χ1n) is 8.05. The number of nitrogens with one attached hydrogen (secondary N) is 1. The van der Waals surface area contributed by atoms with Crippen LogP contribution in [0.2, 0.25) is 0 Å². The highest BCUT2D eigenvalue weighted by Gasteiger charge is 2.34. The molecule has 128 valence electrons. The first kappa shape index (κ1) is 17.1. The lowest BCUT2D eigenvalue weighted by atomic mass is 9.84. The number of nitrogens with zero attached hydrogens (tertiary/aromatic N) is 1. The summed E-state index contributed by atoms with van der Waals surface area (Å²) in [6, 6.07) is 9.98. The fourth-order valence-electron chi connectivity index (χ4n) is 2.99. The third-order valence-corrected chi connectivity index (χ3v) is 5.35. The summed E-state index contributed by atoms with van der Waals surface area (Å²) in [6.07, 6.45) is 1.08. The minimum absolute atomic E-state index is 0.00405. The van der Waals surface area contributed by atoms with Gasteiger partial charge in [0.05, 0.1) is 18.7 Å². The second-order valence-electron chi connectivity index (χ2n) is 6.17. The molecule has 1 amide bonds.